The van der Waals surface area contributed by atoms with Gasteiger partial charge in [0.25, 0.3) is 0 Å². The van der Waals surface area contributed by atoms with Crippen LogP contribution in [-0.2, 0) is 19.1 Å². The van der Waals surface area contributed by atoms with Gasteiger partial charge in [-0.1, -0.05) is 12.2 Å². The van der Waals surface area contributed by atoms with E-state index in [2.05, 4.69) is 5.32 Å². The van der Waals surface area contributed by atoms with Gasteiger partial charge in [-0.2, -0.15) is 0 Å². The monoisotopic (exact) mass is 414 g/mol. The van der Waals surface area contributed by atoms with Gasteiger partial charge in [0.05, 0.1) is 44.4 Å². The third-order valence-corrected chi connectivity index (χ3v) is 6.07. The summed E-state index contributed by atoms with van der Waals surface area (Å²) < 4.78 is 15.2. The number of ether oxygens (including phenoxy) is 3. The fourth-order valence-electron chi connectivity index (χ4n) is 4.71. The summed E-state index contributed by atoms with van der Waals surface area (Å²) in [6.07, 6.45) is 4.81. The van der Waals surface area contributed by atoms with E-state index in [1.807, 2.05) is 12.2 Å². The predicted molar refractivity (Wildman–Crippen MR) is 104 cm³/mol. The Hall–Kier alpha value is -3.36. The first-order chi connectivity index (χ1) is 14.4. The number of imide groups is 1. The fourth-order valence-corrected chi connectivity index (χ4v) is 4.71. The van der Waals surface area contributed by atoms with E-state index in [0.29, 0.717) is 5.75 Å². The zero-order chi connectivity index (χ0) is 21.6. The Kier molecular flexibility index (Phi) is 4.97. The second-order valence-electron chi connectivity index (χ2n) is 7.56. The van der Waals surface area contributed by atoms with Gasteiger partial charge in [-0.25, -0.2) is 4.79 Å². The SMILES string of the molecule is COC(=O)c1cc(OC)c(OC)cc1NC(=O)CN1C(=O)[C@@H]2[C@H](C1=O)[C@H]1C=C[C@H]2C1. The van der Waals surface area contributed by atoms with Gasteiger partial charge in [0, 0.05) is 12.1 Å². The molecule has 2 fully saturated rings. The number of hydrogen-bond donors (Lipinski definition) is 1. The van der Waals surface area contributed by atoms with Crippen LogP contribution < -0.4 is 14.8 Å². The summed E-state index contributed by atoms with van der Waals surface area (Å²) in [4.78, 5) is 51.4. The van der Waals surface area contributed by atoms with Gasteiger partial charge in [0.2, 0.25) is 17.7 Å². The quantitative estimate of drug-likeness (QED) is 0.423. The average Bonchev–Trinajstić information content (AvgIpc) is 3.43. The molecule has 0 unspecified atom stereocenters. The van der Waals surface area contributed by atoms with Crippen molar-refractivity contribution in [2.45, 2.75) is 6.42 Å². The van der Waals surface area contributed by atoms with Gasteiger partial charge in [0.15, 0.2) is 11.5 Å². The highest BCUT2D eigenvalue weighted by molar-refractivity contribution is 6.10. The summed E-state index contributed by atoms with van der Waals surface area (Å²) in [5.41, 5.74) is 0.187. The molecule has 2 aliphatic carbocycles. The van der Waals surface area contributed by atoms with E-state index in [1.54, 1.807) is 0 Å². The number of carbonyl (C=O) groups is 4. The lowest BCUT2D eigenvalue weighted by molar-refractivity contribution is -0.143. The normalized spacial score (nSPS) is 26.0. The number of hydrogen-bond acceptors (Lipinski definition) is 7. The first kappa shape index (κ1) is 19.9. The van der Waals surface area contributed by atoms with Crippen LogP contribution in [-0.4, -0.2) is 56.5 Å². The van der Waals surface area contributed by atoms with E-state index < -0.39 is 18.4 Å². The number of nitrogens with one attached hydrogen (secondary N) is 1. The minimum atomic E-state index is -0.684. The topological polar surface area (TPSA) is 111 Å². The van der Waals surface area contributed by atoms with Gasteiger partial charge in [0.1, 0.15) is 6.54 Å². The number of esters is 1. The first-order valence-electron chi connectivity index (χ1n) is 9.57. The van der Waals surface area contributed by atoms with Gasteiger partial charge in [-0.05, 0) is 18.3 Å². The lowest BCUT2D eigenvalue weighted by atomic mass is 9.85. The van der Waals surface area contributed by atoms with Crippen LogP contribution in [0.15, 0.2) is 24.3 Å². The fraction of sp³-hybridized carbons (Fsp3) is 0.429. The highest BCUT2D eigenvalue weighted by Crippen LogP contribution is 2.52. The minimum absolute atomic E-state index is 0.0571. The number of carbonyl (C=O) groups excluding carboxylic acids is 4. The molecule has 9 nitrogen and oxygen atoms in total. The molecule has 3 amide bonds. The second kappa shape index (κ2) is 7.47. The van der Waals surface area contributed by atoms with Crippen molar-refractivity contribution in [2.24, 2.45) is 23.7 Å². The van der Waals surface area contributed by atoms with Crippen molar-refractivity contribution < 1.29 is 33.4 Å². The lowest BCUT2D eigenvalue weighted by Crippen LogP contribution is -2.39. The highest BCUT2D eigenvalue weighted by atomic mass is 16.5. The zero-order valence-corrected chi connectivity index (χ0v) is 16.8. The van der Waals surface area contributed by atoms with Crippen molar-refractivity contribution in [3.63, 3.8) is 0 Å². The predicted octanol–water partition coefficient (Wildman–Crippen LogP) is 1.24. The molecule has 1 aromatic carbocycles. The largest absolute Gasteiger partial charge is 0.493 e. The van der Waals surface area contributed by atoms with E-state index in [0.717, 1.165) is 11.3 Å². The molecule has 0 radical (unpaired) electrons. The Morgan fingerprint density at radius 1 is 1.00 bits per heavy atom. The van der Waals surface area contributed by atoms with Crippen LogP contribution in [0.5, 0.6) is 11.5 Å². The van der Waals surface area contributed by atoms with Crippen molar-refractivity contribution in [1.29, 1.82) is 0 Å². The minimum Gasteiger partial charge on any atom is -0.493 e. The van der Waals surface area contributed by atoms with E-state index >= 15 is 0 Å². The van der Waals surface area contributed by atoms with Crippen molar-refractivity contribution >= 4 is 29.4 Å². The number of allylic oxidation sites excluding steroid dienone is 2. The van der Waals surface area contributed by atoms with Gasteiger partial charge in [-0.3, -0.25) is 19.3 Å². The molecule has 9 heteroatoms. The molecule has 1 saturated carbocycles. The number of amides is 3. The van der Waals surface area contributed by atoms with Crippen LogP contribution in [0.4, 0.5) is 5.69 Å². The summed E-state index contributed by atoms with van der Waals surface area (Å²) in [5.74, 6) is -1.91. The molecule has 158 valence electrons. The Labute approximate surface area is 172 Å². The Balaban J connectivity index is 1.54. The Morgan fingerprint density at radius 3 is 2.10 bits per heavy atom. The van der Waals surface area contributed by atoms with Gasteiger partial charge >= 0.3 is 5.97 Å². The summed E-state index contributed by atoms with van der Waals surface area (Å²) in [6, 6.07) is 2.82. The summed E-state index contributed by atoms with van der Waals surface area (Å²) in [5, 5.41) is 2.59. The van der Waals surface area contributed by atoms with E-state index in [-0.39, 0.29) is 52.5 Å². The van der Waals surface area contributed by atoms with Crippen molar-refractivity contribution in [1.82, 2.24) is 4.90 Å². The molecular weight excluding hydrogens is 392 g/mol. The molecular formula is C21H22N2O7. The molecule has 3 aliphatic rings. The molecule has 0 spiro atoms. The number of fused-ring (bicyclic) bond motifs is 5. The maximum Gasteiger partial charge on any atom is 0.340 e. The Morgan fingerprint density at radius 2 is 1.57 bits per heavy atom. The number of nitrogens with zero attached hydrogens (tertiary/aromatic N) is 1. The number of methoxy groups -OCH3 is 3. The smallest absolute Gasteiger partial charge is 0.340 e. The van der Waals surface area contributed by atoms with E-state index in [1.165, 1.54) is 33.5 Å². The Bertz CT molecular complexity index is 940. The lowest BCUT2D eigenvalue weighted by Gasteiger charge is -2.18. The van der Waals surface area contributed by atoms with Crippen molar-refractivity contribution in [2.75, 3.05) is 33.2 Å². The van der Waals surface area contributed by atoms with Crippen molar-refractivity contribution in [3.05, 3.63) is 29.8 Å². The molecule has 1 saturated heterocycles. The van der Waals surface area contributed by atoms with E-state index in [4.69, 9.17) is 14.2 Å². The summed E-state index contributed by atoms with van der Waals surface area (Å²) in [6.45, 7) is -0.418. The second-order valence-corrected chi connectivity index (χ2v) is 7.56. The number of likely N-dealkylation sites (tertiary alicyclic amines) is 1. The molecule has 1 aliphatic heterocycles. The van der Waals surface area contributed by atoms with Crippen LogP contribution >= 0.6 is 0 Å². The van der Waals surface area contributed by atoms with Crippen LogP contribution in [0.1, 0.15) is 16.8 Å². The number of rotatable bonds is 6. The van der Waals surface area contributed by atoms with Crippen LogP contribution in [0.3, 0.4) is 0 Å². The summed E-state index contributed by atoms with van der Waals surface area (Å²) in [7, 11) is 4.05. The van der Waals surface area contributed by atoms with Gasteiger partial charge in [-0.15, -0.1) is 0 Å². The van der Waals surface area contributed by atoms with Crippen LogP contribution in [0.25, 0.3) is 0 Å². The zero-order valence-electron chi connectivity index (χ0n) is 16.8. The molecule has 4 atom stereocenters. The van der Waals surface area contributed by atoms with Crippen LogP contribution in [0, 0.1) is 23.7 Å². The number of benzene rings is 1. The summed E-state index contributed by atoms with van der Waals surface area (Å²) >= 11 is 0. The molecule has 0 aromatic heterocycles. The molecule has 30 heavy (non-hydrogen) atoms. The standard InChI is InChI=1S/C21H22N2O7/c1-28-14-7-12(21(27)30-3)13(8-15(14)29-2)22-16(24)9-23-19(25)17-10-4-5-11(6-10)18(17)20(23)26/h4-5,7-8,10-11,17-18H,6,9H2,1-3H3,(H,22,24)/t10-,11-,17-,18+/m0/s1. The van der Waals surface area contributed by atoms with Crippen LogP contribution in [0.2, 0.25) is 0 Å². The maximum absolute atomic E-state index is 12.8. The molecule has 1 heterocycles. The average molecular weight is 414 g/mol. The molecule has 2 bridgehead atoms. The highest BCUT2D eigenvalue weighted by Gasteiger charge is 2.59. The van der Waals surface area contributed by atoms with E-state index in [9.17, 15) is 19.2 Å². The number of anilines is 1. The molecule has 1 aromatic rings. The third-order valence-electron chi connectivity index (χ3n) is 6.07. The molecule has 4 rings (SSSR count). The maximum atomic E-state index is 12.8. The molecule has 1 N–H and O–H groups in total. The first-order valence-corrected chi connectivity index (χ1v) is 9.57. The third kappa shape index (κ3) is 3.01. The van der Waals surface area contributed by atoms with Crippen molar-refractivity contribution in [3.8, 4) is 11.5 Å². The van der Waals surface area contributed by atoms with Gasteiger partial charge < -0.3 is 19.5 Å².